The SMILES string of the molecule is CCOC(=O)c1ccc(C(F)(F)Cl)c(Sc2ccc(F)cc2)c1O. The summed E-state index contributed by atoms with van der Waals surface area (Å²) in [6, 6.07) is 6.97. The largest absolute Gasteiger partial charge is 0.506 e. The smallest absolute Gasteiger partial charge is 0.349 e. The van der Waals surface area contributed by atoms with Crippen molar-refractivity contribution in [1.82, 2.24) is 0 Å². The number of esters is 1. The molecule has 128 valence electrons. The maximum absolute atomic E-state index is 13.6. The van der Waals surface area contributed by atoms with Crippen LogP contribution in [-0.2, 0) is 10.1 Å². The van der Waals surface area contributed by atoms with Gasteiger partial charge in [-0.25, -0.2) is 9.18 Å². The summed E-state index contributed by atoms with van der Waals surface area (Å²) in [4.78, 5) is 11.9. The molecular weight excluding hydrogens is 365 g/mol. The number of ether oxygens (including phenoxy) is 1. The van der Waals surface area contributed by atoms with Gasteiger partial charge in [0.15, 0.2) is 0 Å². The predicted octanol–water partition coefficient (Wildman–Crippen LogP) is 5.15. The Labute approximate surface area is 145 Å². The molecule has 0 amide bonds. The summed E-state index contributed by atoms with van der Waals surface area (Å²) in [5.74, 6) is -2.01. The molecule has 0 aromatic heterocycles. The lowest BCUT2D eigenvalue weighted by atomic mass is 10.1. The Hall–Kier alpha value is -1.86. The average molecular weight is 377 g/mol. The fraction of sp³-hybridized carbons (Fsp3) is 0.188. The highest BCUT2D eigenvalue weighted by Gasteiger charge is 2.34. The van der Waals surface area contributed by atoms with Gasteiger partial charge in [-0.3, -0.25) is 0 Å². The molecule has 1 N–H and O–H groups in total. The summed E-state index contributed by atoms with van der Waals surface area (Å²) in [5, 5.41) is 6.50. The molecule has 2 rings (SSSR count). The van der Waals surface area contributed by atoms with E-state index in [-0.39, 0.29) is 17.1 Å². The standard InChI is InChI=1S/C16H12ClF3O3S/c1-2-23-15(22)11-7-8-12(16(17,19)20)14(13(11)21)24-10-5-3-9(18)4-6-10/h3-8,21H,2H2,1H3. The summed E-state index contributed by atoms with van der Waals surface area (Å²) in [5.41, 5.74) is -0.921. The lowest BCUT2D eigenvalue weighted by molar-refractivity contribution is 0.0520. The van der Waals surface area contributed by atoms with Gasteiger partial charge in [-0.2, -0.15) is 8.78 Å². The van der Waals surface area contributed by atoms with Gasteiger partial charge in [-0.1, -0.05) is 11.8 Å². The van der Waals surface area contributed by atoms with Gasteiger partial charge in [0.2, 0.25) is 0 Å². The summed E-state index contributed by atoms with van der Waals surface area (Å²) in [6.07, 6.45) is 0. The maximum Gasteiger partial charge on any atom is 0.349 e. The predicted molar refractivity (Wildman–Crippen MR) is 84.3 cm³/mol. The van der Waals surface area contributed by atoms with Gasteiger partial charge >= 0.3 is 11.4 Å². The Bertz CT molecular complexity index is 745. The van der Waals surface area contributed by atoms with E-state index in [2.05, 4.69) is 0 Å². The minimum atomic E-state index is -3.76. The van der Waals surface area contributed by atoms with Crippen molar-refractivity contribution in [1.29, 1.82) is 0 Å². The maximum atomic E-state index is 13.6. The third kappa shape index (κ3) is 4.15. The first-order valence-electron chi connectivity index (χ1n) is 6.77. The Morgan fingerprint density at radius 2 is 1.88 bits per heavy atom. The minimum absolute atomic E-state index is 0.0616. The monoisotopic (exact) mass is 376 g/mol. The molecule has 0 saturated heterocycles. The van der Waals surface area contributed by atoms with Crippen LogP contribution in [-0.4, -0.2) is 17.7 Å². The number of phenolic OH excluding ortho intramolecular Hbond substituents is 1. The van der Waals surface area contributed by atoms with Crippen molar-refractivity contribution in [3.8, 4) is 5.75 Å². The first-order valence-corrected chi connectivity index (χ1v) is 7.97. The van der Waals surface area contributed by atoms with Crippen molar-refractivity contribution >= 4 is 29.3 Å². The number of halogens is 4. The molecule has 0 radical (unpaired) electrons. The van der Waals surface area contributed by atoms with Gasteiger partial charge in [-0.15, -0.1) is 0 Å². The number of hydrogen-bond donors (Lipinski definition) is 1. The number of phenols is 1. The number of hydrogen-bond acceptors (Lipinski definition) is 4. The molecule has 0 atom stereocenters. The second kappa shape index (κ2) is 7.36. The van der Waals surface area contributed by atoms with Crippen LogP contribution in [0.1, 0.15) is 22.8 Å². The van der Waals surface area contributed by atoms with Crippen molar-refractivity contribution in [2.45, 2.75) is 22.1 Å². The van der Waals surface area contributed by atoms with Crippen LogP contribution in [0.25, 0.3) is 0 Å². The zero-order valence-electron chi connectivity index (χ0n) is 12.4. The van der Waals surface area contributed by atoms with Crippen LogP contribution in [0.2, 0.25) is 0 Å². The summed E-state index contributed by atoms with van der Waals surface area (Å²) in [7, 11) is 0. The van der Waals surface area contributed by atoms with Gasteiger partial charge in [-0.05, 0) is 54.9 Å². The third-order valence-corrected chi connectivity index (χ3v) is 4.29. The fourth-order valence-corrected chi connectivity index (χ4v) is 3.13. The average Bonchev–Trinajstić information content (AvgIpc) is 2.50. The van der Waals surface area contributed by atoms with E-state index in [0.717, 1.165) is 36.0 Å². The highest BCUT2D eigenvalue weighted by Crippen LogP contribution is 2.46. The van der Waals surface area contributed by atoms with Gasteiger partial charge < -0.3 is 9.84 Å². The highest BCUT2D eigenvalue weighted by molar-refractivity contribution is 7.99. The molecule has 0 heterocycles. The molecule has 0 spiro atoms. The molecule has 0 aliphatic rings. The molecule has 0 unspecified atom stereocenters. The highest BCUT2D eigenvalue weighted by atomic mass is 35.5. The summed E-state index contributed by atoms with van der Waals surface area (Å²) in [6.45, 7) is 1.64. The van der Waals surface area contributed by atoms with Gasteiger partial charge in [0.25, 0.3) is 0 Å². The number of aromatic hydroxyl groups is 1. The van der Waals surface area contributed by atoms with Crippen LogP contribution in [0.5, 0.6) is 5.75 Å². The number of alkyl halides is 3. The summed E-state index contributed by atoms with van der Waals surface area (Å²) < 4.78 is 45.0. The van der Waals surface area contributed by atoms with Crippen LogP contribution in [0.15, 0.2) is 46.2 Å². The lowest BCUT2D eigenvalue weighted by Crippen LogP contribution is -2.10. The van der Waals surface area contributed by atoms with E-state index in [1.165, 1.54) is 12.1 Å². The number of benzene rings is 2. The van der Waals surface area contributed by atoms with Crippen molar-refractivity contribution in [3.63, 3.8) is 0 Å². The van der Waals surface area contributed by atoms with E-state index in [0.29, 0.717) is 4.90 Å². The fourth-order valence-electron chi connectivity index (χ4n) is 1.89. The normalized spacial score (nSPS) is 11.4. The van der Waals surface area contributed by atoms with Crippen molar-refractivity contribution in [2.24, 2.45) is 0 Å². The lowest BCUT2D eigenvalue weighted by Gasteiger charge is -2.17. The van der Waals surface area contributed by atoms with Crippen molar-refractivity contribution in [2.75, 3.05) is 6.61 Å². The Kier molecular flexibility index (Phi) is 5.66. The molecule has 0 aliphatic heterocycles. The molecule has 24 heavy (non-hydrogen) atoms. The second-order valence-corrected chi connectivity index (χ2v) is 6.17. The van der Waals surface area contributed by atoms with E-state index in [1.807, 2.05) is 0 Å². The second-order valence-electron chi connectivity index (χ2n) is 4.61. The first-order chi connectivity index (χ1) is 11.2. The van der Waals surface area contributed by atoms with Crippen LogP contribution in [0.3, 0.4) is 0 Å². The number of rotatable bonds is 5. The van der Waals surface area contributed by atoms with Gasteiger partial charge in [0.05, 0.1) is 17.1 Å². The summed E-state index contributed by atoms with van der Waals surface area (Å²) >= 11 is 5.82. The molecule has 2 aromatic carbocycles. The molecule has 0 saturated carbocycles. The Morgan fingerprint density at radius 1 is 1.25 bits per heavy atom. The third-order valence-electron chi connectivity index (χ3n) is 2.97. The van der Waals surface area contributed by atoms with Crippen molar-refractivity contribution in [3.05, 3.63) is 53.3 Å². The van der Waals surface area contributed by atoms with Gasteiger partial charge in [0.1, 0.15) is 17.1 Å². The molecule has 0 bridgehead atoms. The van der Waals surface area contributed by atoms with E-state index in [4.69, 9.17) is 16.3 Å². The minimum Gasteiger partial charge on any atom is -0.506 e. The molecule has 0 fully saturated rings. The van der Waals surface area contributed by atoms with E-state index < -0.39 is 28.5 Å². The van der Waals surface area contributed by atoms with Crippen LogP contribution in [0.4, 0.5) is 13.2 Å². The topological polar surface area (TPSA) is 46.5 Å². The zero-order chi connectivity index (χ0) is 17.9. The number of carbonyl (C=O) groups is 1. The van der Waals surface area contributed by atoms with E-state index >= 15 is 0 Å². The van der Waals surface area contributed by atoms with Crippen LogP contribution >= 0.6 is 23.4 Å². The van der Waals surface area contributed by atoms with Crippen molar-refractivity contribution < 1.29 is 27.8 Å². The molecule has 3 nitrogen and oxygen atoms in total. The first kappa shape index (κ1) is 18.5. The van der Waals surface area contributed by atoms with E-state index in [9.17, 15) is 23.1 Å². The quantitative estimate of drug-likeness (QED) is 0.579. The molecular formula is C16H12ClF3O3S. The van der Waals surface area contributed by atoms with Crippen LogP contribution < -0.4 is 0 Å². The van der Waals surface area contributed by atoms with E-state index in [1.54, 1.807) is 6.92 Å². The molecule has 8 heteroatoms. The molecule has 0 aliphatic carbocycles. The number of carbonyl (C=O) groups excluding carboxylic acids is 1. The zero-order valence-corrected chi connectivity index (χ0v) is 13.9. The molecule has 2 aromatic rings. The Morgan fingerprint density at radius 3 is 2.42 bits per heavy atom. The van der Waals surface area contributed by atoms with Crippen LogP contribution in [0, 0.1) is 5.82 Å². The van der Waals surface area contributed by atoms with Gasteiger partial charge in [0, 0.05) is 4.90 Å². The Balaban J connectivity index is 2.53.